The van der Waals surface area contributed by atoms with Crippen molar-refractivity contribution in [3.05, 3.63) is 59.7 Å². The number of ether oxygens (including phenoxy) is 1. The number of amides is 1. The lowest BCUT2D eigenvalue weighted by Gasteiger charge is -2.26. The van der Waals surface area contributed by atoms with Crippen molar-refractivity contribution >= 4 is 17.6 Å². The van der Waals surface area contributed by atoms with Crippen LogP contribution in [0.4, 0.5) is 18.9 Å². The molecule has 1 amide bonds. The summed E-state index contributed by atoms with van der Waals surface area (Å²) in [7, 11) is 0. The van der Waals surface area contributed by atoms with Crippen molar-refractivity contribution in [1.29, 1.82) is 0 Å². The molecular weight excluding hydrogens is 489 g/mol. The van der Waals surface area contributed by atoms with E-state index in [1.165, 1.54) is 12.1 Å². The molecule has 1 saturated carbocycles. The van der Waals surface area contributed by atoms with Crippen molar-refractivity contribution in [3.8, 4) is 5.75 Å². The molecule has 0 heterocycles. The van der Waals surface area contributed by atoms with Gasteiger partial charge < -0.3 is 25.2 Å². The third-order valence-electron chi connectivity index (χ3n) is 6.27. The Bertz CT molecular complexity index is 1080. The minimum Gasteiger partial charge on any atom is -0.491 e. The molecule has 3 atom stereocenters. The molecule has 37 heavy (non-hydrogen) atoms. The molecule has 0 saturated heterocycles. The molecule has 2 aromatic rings. The Balaban J connectivity index is 1.69. The van der Waals surface area contributed by atoms with Gasteiger partial charge in [-0.1, -0.05) is 18.2 Å². The van der Waals surface area contributed by atoms with Gasteiger partial charge in [-0.25, -0.2) is 0 Å². The van der Waals surface area contributed by atoms with Gasteiger partial charge in [-0.2, -0.15) is 13.2 Å². The van der Waals surface area contributed by atoms with Crippen LogP contribution in [0.25, 0.3) is 0 Å². The molecule has 1 aliphatic rings. The summed E-state index contributed by atoms with van der Waals surface area (Å²) in [4.78, 5) is 25.8. The first-order chi connectivity index (χ1) is 17.4. The molecule has 0 unspecified atom stereocenters. The fraction of sp³-hybridized carbons (Fsp3) is 0.481. The number of carboxylic acid groups (broad SMARTS) is 1. The Hall–Kier alpha value is -3.27. The van der Waals surface area contributed by atoms with E-state index in [1.807, 2.05) is 38.1 Å². The number of carboxylic acids is 1. The van der Waals surface area contributed by atoms with Crippen LogP contribution in [0.3, 0.4) is 0 Å². The number of aliphatic hydroxyl groups excluding tert-OH is 1. The monoisotopic (exact) mass is 522 g/mol. The predicted octanol–water partition coefficient (Wildman–Crippen LogP) is 4.94. The summed E-state index contributed by atoms with van der Waals surface area (Å²) in [5.74, 6) is -1.56. The summed E-state index contributed by atoms with van der Waals surface area (Å²) >= 11 is 0. The highest BCUT2D eigenvalue weighted by molar-refractivity contribution is 5.83. The van der Waals surface area contributed by atoms with Crippen LogP contribution < -0.4 is 10.1 Å². The summed E-state index contributed by atoms with van der Waals surface area (Å²) in [6.45, 7) is 2.97. The van der Waals surface area contributed by atoms with E-state index in [9.17, 15) is 33.0 Å². The highest BCUT2D eigenvalue weighted by Crippen LogP contribution is 2.31. The molecule has 7 nitrogen and oxygen atoms in total. The number of anilines is 1. The van der Waals surface area contributed by atoms with Crippen molar-refractivity contribution in [3.63, 3.8) is 0 Å². The number of aliphatic hydroxyl groups is 1. The first-order valence-corrected chi connectivity index (χ1v) is 12.3. The van der Waals surface area contributed by atoms with Crippen LogP contribution >= 0.6 is 0 Å². The summed E-state index contributed by atoms with van der Waals surface area (Å²) in [5, 5.41) is 23.4. The van der Waals surface area contributed by atoms with Crippen LogP contribution in [-0.2, 0) is 22.3 Å². The highest BCUT2D eigenvalue weighted by Gasteiger charge is 2.33. The molecule has 1 aliphatic carbocycles. The summed E-state index contributed by atoms with van der Waals surface area (Å²) in [6.07, 6.45) is -3.75. The molecule has 10 heteroatoms. The van der Waals surface area contributed by atoms with Gasteiger partial charge in [0.15, 0.2) is 0 Å². The SMILES string of the molecule is CC(C)Oc1cccc(N[C@H]2CC[C@@H](C(=O)N(CC(=O)O)Cc3cccc(C(F)(F)F)c3)CC[C@@H]2O)c1. The molecular formula is C27H33F3N2O5. The maximum absolute atomic E-state index is 13.3. The molecule has 2 aromatic carbocycles. The van der Waals surface area contributed by atoms with E-state index >= 15 is 0 Å². The number of alkyl halides is 3. The number of rotatable bonds is 9. The first-order valence-electron chi connectivity index (χ1n) is 12.3. The lowest BCUT2D eigenvalue weighted by atomic mass is 9.98. The van der Waals surface area contributed by atoms with Gasteiger partial charge in [-0.05, 0) is 69.4 Å². The van der Waals surface area contributed by atoms with Crippen LogP contribution in [-0.4, -0.2) is 51.8 Å². The molecule has 3 N–H and O–H groups in total. The van der Waals surface area contributed by atoms with E-state index in [0.717, 1.165) is 22.7 Å². The van der Waals surface area contributed by atoms with Gasteiger partial charge in [-0.15, -0.1) is 0 Å². The van der Waals surface area contributed by atoms with E-state index in [2.05, 4.69) is 5.32 Å². The molecule has 0 radical (unpaired) electrons. The van der Waals surface area contributed by atoms with Gasteiger partial charge in [0.1, 0.15) is 12.3 Å². The van der Waals surface area contributed by atoms with Crippen LogP contribution in [0.1, 0.15) is 50.7 Å². The minimum atomic E-state index is -4.54. The zero-order valence-electron chi connectivity index (χ0n) is 20.9. The normalized spacial score (nSPS) is 20.2. The van der Waals surface area contributed by atoms with Crippen molar-refractivity contribution in [2.45, 2.75) is 70.5 Å². The van der Waals surface area contributed by atoms with E-state index in [1.54, 1.807) is 0 Å². The number of carbonyl (C=O) groups excluding carboxylic acids is 1. The van der Waals surface area contributed by atoms with Crippen molar-refractivity contribution in [1.82, 2.24) is 4.90 Å². The average Bonchev–Trinajstić information content (AvgIpc) is 2.99. The predicted molar refractivity (Wildman–Crippen MR) is 132 cm³/mol. The van der Waals surface area contributed by atoms with Gasteiger partial charge in [0.25, 0.3) is 0 Å². The summed E-state index contributed by atoms with van der Waals surface area (Å²) in [5.41, 5.74) is 0.104. The molecule has 0 aliphatic heterocycles. The van der Waals surface area contributed by atoms with Crippen molar-refractivity contribution < 1.29 is 37.7 Å². The topological polar surface area (TPSA) is 99.1 Å². The van der Waals surface area contributed by atoms with Crippen molar-refractivity contribution in [2.75, 3.05) is 11.9 Å². The van der Waals surface area contributed by atoms with E-state index in [0.29, 0.717) is 31.4 Å². The number of aliphatic carboxylic acids is 1. The fourth-order valence-electron chi connectivity index (χ4n) is 4.55. The molecule has 1 fully saturated rings. The number of halogens is 3. The van der Waals surface area contributed by atoms with Crippen LogP contribution in [0, 0.1) is 5.92 Å². The van der Waals surface area contributed by atoms with Gasteiger partial charge in [0, 0.05) is 24.2 Å². The lowest BCUT2D eigenvalue weighted by Crippen LogP contribution is -2.39. The minimum absolute atomic E-state index is 0.00942. The van der Waals surface area contributed by atoms with Gasteiger partial charge in [0.2, 0.25) is 5.91 Å². The average molecular weight is 523 g/mol. The third kappa shape index (κ3) is 8.38. The van der Waals surface area contributed by atoms with Gasteiger partial charge >= 0.3 is 12.1 Å². The second kappa shape index (κ2) is 12.3. The molecule has 0 spiro atoms. The maximum Gasteiger partial charge on any atom is 0.416 e. The summed E-state index contributed by atoms with van der Waals surface area (Å²) in [6, 6.07) is 11.6. The fourth-order valence-corrected chi connectivity index (χ4v) is 4.55. The maximum atomic E-state index is 13.3. The summed E-state index contributed by atoms with van der Waals surface area (Å²) < 4.78 is 45.0. The number of nitrogens with zero attached hydrogens (tertiary/aromatic N) is 1. The Morgan fingerprint density at radius 3 is 2.46 bits per heavy atom. The molecule has 0 bridgehead atoms. The Kier molecular flexibility index (Phi) is 9.42. The number of carbonyl (C=O) groups is 2. The standard InChI is InChI=1S/C27H33F3N2O5/c1-17(2)37-22-8-4-7-21(14-22)31-23-11-9-19(10-12-24(23)33)26(36)32(16-25(34)35)15-18-5-3-6-20(13-18)27(28,29)30/h3-8,13-14,17,19,23-24,31,33H,9-12,15-16H2,1-2H3,(H,34,35)/t19-,23+,24+/m1/s1. The van der Waals surface area contributed by atoms with E-state index < -0.39 is 42.2 Å². The van der Waals surface area contributed by atoms with E-state index in [4.69, 9.17) is 4.74 Å². The van der Waals surface area contributed by atoms with Crippen molar-refractivity contribution in [2.24, 2.45) is 5.92 Å². The van der Waals surface area contributed by atoms with Crippen LogP contribution in [0.2, 0.25) is 0 Å². The number of hydrogen-bond donors (Lipinski definition) is 3. The van der Waals surface area contributed by atoms with Gasteiger partial charge in [-0.3, -0.25) is 9.59 Å². The van der Waals surface area contributed by atoms with Crippen LogP contribution in [0.15, 0.2) is 48.5 Å². The zero-order chi connectivity index (χ0) is 27.2. The smallest absolute Gasteiger partial charge is 0.416 e. The second-order valence-corrected chi connectivity index (χ2v) is 9.65. The largest absolute Gasteiger partial charge is 0.491 e. The zero-order valence-corrected chi connectivity index (χ0v) is 20.9. The Morgan fingerprint density at radius 1 is 1.08 bits per heavy atom. The Labute approximate surface area is 214 Å². The quantitative estimate of drug-likeness (QED) is 0.404. The molecule has 202 valence electrons. The second-order valence-electron chi connectivity index (χ2n) is 9.65. The lowest BCUT2D eigenvalue weighted by molar-refractivity contribution is -0.147. The van der Waals surface area contributed by atoms with Crippen LogP contribution in [0.5, 0.6) is 5.75 Å². The third-order valence-corrected chi connectivity index (χ3v) is 6.27. The molecule has 3 rings (SSSR count). The Morgan fingerprint density at radius 2 is 1.78 bits per heavy atom. The highest BCUT2D eigenvalue weighted by atomic mass is 19.4. The number of nitrogens with one attached hydrogen (secondary N) is 1. The van der Waals surface area contributed by atoms with E-state index in [-0.39, 0.29) is 24.3 Å². The molecule has 0 aromatic heterocycles. The number of benzene rings is 2. The first kappa shape index (κ1) is 28.3. The number of hydrogen-bond acceptors (Lipinski definition) is 5. The van der Waals surface area contributed by atoms with Gasteiger partial charge in [0.05, 0.1) is 23.8 Å².